The van der Waals surface area contributed by atoms with Gasteiger partial charge in [0.15, 0.2) is 5.65 Å². The number of carbonyl (C=O) groups excluding carboxylic acids is 1. The molecule has 2 aliphatic heterocycles. The smallest absolute Gasteiger partial charge is 0.317 e. The van der Waals surface area contributed by atoms with Crippen LogP contribution in [0.15, 0.2) is 6.20 Å². The van der Waals surface area contributed by atoms with E-state index in [1.807, 2.05) is 15.8 Å². The van der Waals surface area contributed by atoms with Crippen LogP contribution in [-0.4, -0.2) is 77.1 Å². The fraction of sp³-hybridized carbons (Fsp3) is 0.625. The molecule has 4 rings (SSSR count). The van der Waals surface area contributed by atoms with Gasteiger partial charge in [-0.2, -0.15) is 15.1 Å². The molecule has 0 saturated carbocycles. The highest BCUT2D eigenvalue weighted by Gasteiger charge is 2.27. The molecule has 2 aromatic rings. The third kappa shape index (κ3) is 3.16. The van der Waals surface area contributed by atoms with Crippen LogP contribution in [-0.2, 0) is 4.74 Å². The molecule has 2 aliphatic rings. The molecule has 2 fully saturated rings. The zero-order chi connectivity index (χ0) is 18.1. The van der Waals surface area contributed by atoms with Crippen molar-refractivity contribution >= 4 is 34.5 Å². The summed E-state index contributed by atoms with van der Waals surface area (Å²) in [6, 6.07) is 0.158. The molecule has 9 nitrogen and oxygen atoms in total. The van der Waals surface area contributed by atoms with Crippen molar-refractivity contribution in [1.29, 1.82) is 0 Å². The van der Waals surface area contributed by atoms with E-state index in [0.29, 0.717) is 26.3 Å². The van der Waals surface area contributed by atoms with Gasteiger partial charge in [-0.1, -0.05) is 0 Å². The Kier molecular flexibility index (Phi) is 4.82. The van der Waals surface area contributed by atoms with Gasteiger partial charge in [0, 0.05) is 33.2 Å². The number of hydrogen-bond acceptors (Lipinski definition) is 6. The van der Waals surface area contributed by atoms with Gasteiger partial charge >= 0.3 is 6.03 Å². The number of nitrogens with zero attached hydrogens (tertiary/aromatic N) is 6. The van der Waals surface area contributed by atoms with Gasteiger partial charge in [-0.3, -0.25) is 0 Å². The summed E-state index contributed by atoms with van der Waals surface area (Å²) in [6.45, 7) is 4.29. The van der Waals surface area contributed by atoms with Crippen LogP contribution in [0.1, 0.15) is 18.9 Å². The maximum atomic E-state index is 11.8. The van der Waals surface area contributed by atoms with Crippen LogP contribution < -0.4 is 10.2 Å². The third-order valence-corrected chi connectivity index (χ3v) is 5.20. The van der Waals surface area contributed by atoms with Gasteiger partial charge in [-0.25, -0.2) is 9.48 Å². The van der Waals surface area contributed by atoms with Gasteiger partial charge in [-0.05, 0) is 24.4 Å². The number of carbonyl (C=O) groups is 1. The molecule has 0 aliphatic carbocycles. The molecule has 0 aromatic carbocycles. The molecule has 2 amide bonds. The molecule has 0 radical (unpaired) electrons. The Labute approximate surface area is 156 Å². The van der Waals surface area contributed by atoms with Crippen molar-refractivity contribution in [1.82, 2.24) is 30.0 Å². The second-order valence-electron chi connectivity index (χ2n) is 6.52. The SMILES string of the molecule is CNC(=O)N1CCC(n2ncc3c(N4CCOCC4)nc(Cl)nc32)CC1. The molecule has 140 valence electrons. The summed E-state index contributed by atoms with van der Waals surface area (Å²) < 4.78 is 7.36. The summed E-state index contributed by atoms with van der Waals surface area (Å²) in [4.78, 5) is 24.6. The van der Waals surface area contributed by atoms with Crippen molar-refractivity contribution in [2.75, 3.05) is 51.3 Å². The number of ether oxygens (including phenoxy) is 1. The zero-order valence-electron chi connectivity index (χ0n) is 14.7. The number of fused-ring (bicyclic) bond motifs is 1. The van der Waals surface area contributed by atoms with E-state index in [4.69, 9.17) is 16.3 Å². The summed E-state index contributed by atoms with van der Waals surface area (Å²) >= 11 is 6.21. The molecule has 10 heteroatoms. The number of nitrogens with one attached hydrogen (secondary N) is 1. The Bertz CT molecular complexity index is 797. The van der Waals surface area contributed by atoms with E-state index in [2.05, 4.69) is 25.3 Å². The standard InChI is InChI=1S/C16H22ClN7O2/c1-18-16(25)23-4-2-11(3-5-23)24-14-12(10-19-24)13(20-15(17)21-14)22-6-8-26-9-7-22/h10-11H,2-9H2,1H3,(H,18,25). The molecular weight excluding hydrogens is 358 g/mol. The van der Waals surface area contributed by atoms with Gasteiger partial charge in [-0.15, -0.1) is 0 Å². The van der Waals surface area contributed by atoms with Crippen molar-refractivity contribution in [3.63, 3.8) is 0 Å². The number of piperidine rings is 1. The number of amides is 2. The van der Waals surface area contributed by atoms with Gasteiger partial charge in [0.2, 0.25) is 5.28 Å². The van der Waals surface area contributed by atoms with Crippen LogP contribution >= 0.6 is 11.6 Å². The number of hydrogen-bond donors (Lipinski definition) is 1. The summed E-state index contributed by atoms with van der Waals surface area (Å²) in [5.41, 5.74) is 0.755. The van der Waals surface area contributed by atoms with Crippen molar-refractivity contribution < 1.29 is 9.53 Å². The summed E-state index contributed by atoms with van der Waals surface area (Å²) in [5.74, 6) is 0.817. The van der Waals surface area contributed by atoms with Crippen LogP contribution in [0, 0.1) is 0 Å². The molecule has 26 heavy (non-hydrogen) atoms. The number of morpholine rings is 1. The van der Waals surface area contributed by atoms with Crippen LogP contribution in [0.4, 0.5) is 10.6 Å². The minimum atomic E-state index is -0.0336. The number of aromatic nitrogens is 4. The van der Waals surface area contributed by atoms with E-state index in [1.165, 1.54) is 0 Å². The first kappa shape index (κ1) is 17.3. The largest absolute Gasteiger partial charge is 0.378 e. The van der Waals surface area contributed by atoms with E-state index in [-0.39, 0.29) is 17.4 Å². The number of anilines is 1. The van der Waals surface area contributed by atoms with Crippen molar-refractivity contribution in [2.45, 2.75) is 18.9 Å². The lowest BCUT2D eigenvalue weighted by Crippen LogP contribution is -2.43. The first-order valence-corrected chi connectivity index (χ1v) is 9.25. The summed E-state index contributed by atoms with van der Waals surface area (Å²) in [6.07, 6.45) is 3.49. The lowest BCUT2D eigenvalue weighted by Gasteiger charge is -2.32. The van der Waals surface area contributed by atoms with Gasteiger partial charge in [0.1, 0.15) is 5.82 Å². The van der Waals surface area contributed by atoms with E-state index < -0.39 is 0 Å². The molecule has 0 atom stereocenters. The topological polar surface area (TPSA) is 88.4 Å². The van der Waals surface area contributed by atoms with Crippen LogP contribution in [0.5, 0.6) is 0 Å². The molecule has 2 aromatic heterocycles. The predicted molar refractivity (Wildman–Crippen MR) is 97.7 cm³/mol. The van der Waals surface area contributed by atoms with E-state index in [0.717, 1.165) is 42.8 Å². The highest BCUT2D eigenvalue weighted by Crippen LogP contribution is 2.30. The number of rotatable bonds is 2. The fourth-order valence-corrected chi connectivity index (χ4v) is 3.80. The molecule has 0 spiro atoms. The highest BCUT2D eigenvalue weighted by molar-refractivity contribution is 6.28. The highest BCUT2D eigenvalue weighted by atomic mass is 35.5. The predicted octanol–water partition coefficient (Wildman–Crippen LogP) is 1.29. The molecule has 0 bridgehead atoms. The Morgan fingerprint density at radius 2 is 1.96 bits per heavy atom. The number of halogens is 1. The summed E-state index contributed by atoms with van der Waals surface area (Å²) in [5, 5.41) is 8.39. The van der Waals surface area contributed by atoms with Crippen molar-refractivity contribution in [2.24, 2.45) is 0 Å². The number of urea groups is 1. The second-order valence-corrected chi connectivity index (χ2v) is 6.85. The normalized spacial score (nSPS) is 19.2. The fourth-order valence-electron chi connectivity index (χ4n) is 3.64. The minimum Gasteiger partial charge on any atom is -0.378 e. The maximum absolute atomic E-state index is 11.8. The Balaban J connectivity index is 1.61. The molecule has 2 saturated heterocycles. The summed E-state index contributed by atoms with van der Waals surface area (Å²) in [7, 11) is 1.65. The van der Waals surface area contributed by atoms with Crippen molar-refractivity contribution in [3.05, 3.63) is 11.5 Å². The molecular formula is C16H22ClN7O2. The Morgan fingerprint density at radius 3 is 2.65 bits per heavy atom. The lowest BCUT2D eigenvalue weighted by atomic mass is 10.1. The zero-order valence-corrected chi connectivity index (χ0v) is 15.4. The minimum absolute atomic E-state index is 0.0336. The lowest BCUT2D eigenvalue weighted by molar-refractivity contribution is 0.122. The second kappa shape index (κ2) is 7.24. The van der Waals surface area contributed by atoms with Gasteiger partial charge in [0.05, 0.1) is 30.8 Å². The monoisotopic (exact) mass is 379 g/mol. The quantitative estimate of drug-likeness (QED) is 0.791. The maximum Gasteiger partial charge on any atom is 0.317 e. The first-order valence-electron chi connectivity index (χ1n) is 8.87. The van der Waals surface area contributed by atoms with Crippen LogP contribution in [0.25, 0.3) is 11.0 Å². The van der Waals surface area contributed by atoms with Crippen LogP contribution in [0.3, 0.4) is 0 Å². The molecule has 0 unspecified atom stereocenters. The van der Waals surface area contributed by atoms with Gasteiger partial charge in [0.25, 0.3) is 0 Å². The average Bonchev–Trinajstić information content (AvgIpc) is 3.11. The van der Waals surface area contributed by atoms with E-state index in [9.17, 15) is 4.79 Å². The van der Waals surface area contributed by atoms with Gasteiger partial charge < -0.3 is 19.9 Å². The first-order chi connectivity index (χ1) is 12.7. The van der Waals surface area contributed by atoms with Crippen LogP contribution in [0.2, 0.25) is 5.28 Å². The molecule has 1 N–H and O–H groups in total. The number of likely N-dealkylation sites (tertiary alicyclic amines) is 1. The van der Waals surface area contributed by atoms with E-state index >= 15 is 0 Å². The average molecular weight is 380 g/mol. The Hall–Kier alpha value is -2.13. The Morgan fingerprint density at radius 1 is 1.23 bits per heavy atom. The third-order valence-electron chi connectivity index (χ3n) is 5.03. The molecule has 4 heterocycles. The van der Waals surface area contributed by atoms with E-state index in [1.54, 1.807) is 7.05 Å². The van der Waals surface area contributed by atoms with Crippen molar-refractivity contribution in [3.8, 4) is 0 Å².